The van der Waals surface area contributed by atoms with Gasteiger partial charge in [-0.2, -0.15) is 5.21 Å². The molecule has 118 valence electrons. The molecule has 1 aromatic heterocycles. The third-order valence-electron chi connectivity index (χ3n) is 4.33. The fraction of sp³-hybridized carbons (Fsp3) is 0.867. The fourth-order valence-corrected chi connectivity index (χ4v) is 3.07. The number of hydrogen-bond donors (Lipinski definition) is 1. The van der Waals surface area contributed by atoms with Crippen LogP contribution in [0.1, 0.15) is 64.6 Å². The third-order valence-corrected chi connectivity index (χ3v) is 4.33. The Bertz CT molecular complexity index is 410. The Morgan fingerprint density at radius 1 is 1.24 bits per heavy atom. The lowest BCUT2D eigenvalue weighted by Gasteiger charge is -2.31. The van der Waals surface area contributed by atoms with Crippen molar-refractivity contribution in [2.45, 2.75) is 71.3 Å². The number of hydrogen-bond acceptors (Lipinski definition) is 4. The predicted octanol–water partition coefficient (Wildman–Crippen LogP) is 2.34. The molecule has 1 fully saturated rings. The molecule has 0 unspecified atom stereocenters. The Kier molecular flexibility index (Phi) is 6.14. The van der Waals surface area contributed by atoms with E-state index in [0.29, 0.717) is 24.7 Å². The summed E-state index contributed by atoms with van der Waals surface area (Å²) in [5, 5.41) is 13.9. The van der Waals surface area contributed by atoms with Crippen LogP contribution in [0.4, 0.5) is 0 Å². The number of nitrogens with one attached hydrogen (secondary N) is 1. The van der Waals surface area contributed by atoms with Crippen LogP contribution in [0, 0.1) is 5.92 Å². The van der Waals surface area contributed by atoms with Crippen molar-refractivity contribution in [3.8, 4) is 0 Å². The number of carbonyl (C=O) groups excluding carboxylic acids is 1. The summed E-state index contributed by atoms with van der Waals surface area (Å²) in [5.41, 5.74) is 0. The molecule has 1 N–H and O–H groups in total. The van der Waals surface area contributed by atoms with Crippen molar-refractivity contribution in [3.63, 3.8) is 0 Å². The van der Waals surface area contributed by atoms with E-state index in [9.17, 15) is 4.79 Å². The van der Waals surface area contributed by atoms with Gasteiger partial charge in [-0.05, 0) is 26.7 Å². The van der Waals surface area contributed by atoms with Gasteiger partial charge in [0, 0.05) is 24.9 Å². The van der Waals surface area contributed by atoms with E-state index in [1.165, 1.54) is 32.1 Å². The van der Waals surface area contributed by atoms with E-state index in [1.807, 2.05) is 4.90 Å². The summed E-state index contributed by atoms with van der Waals surface area (Å²) in [5.74, 6) is 1.19. The highest BCUT2D eigenvalue weighted by Crippen LogP contribution is 2.24. The van der Waals surface area contributed by atoms with Crippen molar-refractivity contribution in [2.24, 2.45) is 5.92 Å². The Hall–Kier alpha value is -1.46. The molecule has 0 bridgehead atoms. The highest BCUT2D eigenvalue weighted by atomic mass is 16.2. The summed E-state index contributed by atoms with van der Waals surface area (Å²) in [4.78, 5) is 14.8. The second kappa shape index (κ2) is 8.10. The van der Waals surface area contributed by atoms with E-state index in [4.69, 9.17) is 0 Å². The molecule has 1 saturated carbocycles. The van der Waals surface area contributed by atoms with Gasteiger partial charge < -0.3 is 4.90 Å². The molecule has 0 saturated heterocycles. The van der Waals surface area contributed by atoms with E-state index in [2.05, 4.69) is 34.5 Å². The zero-order valence-corrected chi connectivity index (χ0v) is 13.2. The molecule has 0 spiro atoms. The Labute approximate surface area is 126 Å². The first-order valence-corrected chi connectivity index (χ1v) is 8.21. The molecule has 1 amide bonds. The molecular weight excluding hydrogens is 266 g/mol. The van der Waals surface area contributed by atoms with E-state index in [0.717, 1.165) is 12.8 Å². The first-order valence-electron chi connectivity index (χ1n) is 8.21. The standard InChI is InChI=1S/C15H27N5O/c1-12(2)20(11-10-14-16-18-19-17-14)15(21)13-8-6-4-3-5-7-9-13/h12-13H,3-11H2,1-2H3,(H,16,17,18,19). The lowest BCUT2D eigenvalue weighted by atomic mass is 9.90. The second-order valence-corrected chi connectivity index (χ2v) is 6.25. The number of carbonyl (C=O) groups is 1. The minimum atomic E-state index is 0.206. The lowest BCUT2D eigenvalue weighted by Crippen LogP contribution is -2.42. The average Bonchev–Trinajstić information content (AvgIpc) is 2.91. The van der Waals surface area contributed by atoms with Crippen LogP contribution in [0.3, 0.4) is 0 Å². The molecule has 2 rings (SSSR count). The Morgan fingerprint density at radius 2 is 1.90 bits per heavy atom. The smallest absolute Gasteiger partial charge is 0.225 e. The summed E-state index contributed by atoms with van der Waals surface area (Å²) < 4.78 is 0. The highest BCUT2D eigenvalue weighted by molar-refractivity contribution is 5.79. The zero-order valence-electron chi connectivity index (χ0n) is 13.2. The van der Waals surface area contributed by atoms with Crippen LogP contribution in [-0.2, 0) is 11.2 Å². The molecule has 0 atom stereocenters. The van der Waals surface area contributed by atoms with Crippen molar-refractivity contribution in [2.75, 3.05) is 6.54 Å². The normalized spacial score (nSPS) is 17.5. The summed E-state index contributed by atoms with van der Waals surface area (Å²) >= 11 is 0. The summed E-state index contributed by atoms with van der Waals surface area (Å²) in [7, 11) is 0. The number of aromatic nitrogens is 4. The van der Waals surface area contributed by atoms with Crippen LogP contribution < -0.4 is 0 Å². The third kappa shape index (κ3) is 4.79. The average molecular weight is 293 g/mol. The number of rotatable bonds is 5. The number of amides is 1. The zero-order chi connectivity index (χ0) is 15.1. The van der Waals surface area contributed by atoms with Gasteiger partial charge in [-0.1, -0.05) is 37.3 Å². The maximum atomic E-state index is 12.8. The minimum Gasteiger partial charge on any atom is -0.340 e. The van der Waals surface area contributed by atoms with Gasteiger partial charge in [0.15, 0.2) is 5.82 Å². The van der Waals surface area contributed by atoms with Gasteiger partial charge in [0.1, 0.15) is 0 Å². The quantitative estimate of drug-likeness (QED) is 0.904. The van der Waals surface area contributed by atoms with Gasteiger partial charge in [-0.25, -0.2) is 0 Å². The van der Waals surface area contributed by atoms with Gasteiger partial charge in [0.25, 0.3) is 0 Å². The molecule has 1 aromatic rings. The van der Waals surface area contributed by atoms with Crippen LogP contribution in [-0.4, -0.2) is 44.0 Å². The van der Waals surface area contributed by atoms with Crippen LogP contribution in [0.5, 0.6) is 0 Å². The molecule has 1 heterocycles. The van der Waals surface area contributed by atoms with Crippen molar-refractivity contribution < 1.29 is 4.79 Å². The van der Waals surface area contributed by atoms with Crippen LogP contribution >= 0.6 is 0 Å². The molecule has 0 radical (unpaired) electrons. The molecule has 0 aliphatic heterocycles. The van der Waals surface area contributed by atoms with E-state index in [-0.39, 0.29) is 12.0 Å². The fourth-order valence-electron chi connectivity index (χ4n) is 3.07. The van der Waals surface area contributed by atoms with Crippen molar-refractivity contribution >= 4 is 5.91 Å². The van der Waals surface area contributed by atoms with Crippen LogP contribution in [0.15, 0.2) is 0 Å². The molecule has 21 heavy (non-hydrogen) atoms. The van der Waals surface area contributed by atoms with Crippen molar-refractivity contribution in [3.05, 3.63) is 5.82 Å². The number of tetrazole rings is 1. The van der Waals surface area contributed by atoms with Crippen molar-refractivity contribution in [1.82, 2.24) is 25.5 Å². The van der Waals surface area contributed by atoms with Gasteiger partial charge in [-0.3, -0.25) is 4.79 Å². The molecule has 1 aliphatic rings. The molecule has 0 aromatic carbocycles. The Morgan fingerprint density at radius 3 is 2.48 bits per heavy atom. The number of nitrogens with zero attached hydrogens (tertiary/aromatic N) is 4. The largest absolute Gasteiger partial charge is 0.340 e. The summed E-state index contributed by atoms with van der Waals surface area (Å²) in [6.07, 6.45) is 9.00. The first kappa shape index (κ1) is 15.9. The van der Waals surface area contributed by atoms with Crippen molar-refractivity contribution in [1.29, 1.82) is 0 Å². The van der Waals surface area contributed by atoms with Crippen LogP contribution in [0.25, 0.3) is 0 Å². The van der Waals surface area contributed by atoms with Gasteiger partial charge in [-0.15, -0.1) is 10.2 Å². The summed E-state index contributed by atoms with van der Waals surface area (Å²) in [6, 6.07) is 0.217. The van der Waals surface area contributed by atoms with Gasteiger partial charge in [0.05, 0.1) is 0 Å². The molecule has 6 heteroatoms. The molecule has 6 nitrogen and oxygen atoms in total. The molecular formula is C15H27N5O. The summed E-state index contributed by atoms with van der Waals surface area (Å²) in [6.45, 7) is 4.83. The minimum absolute atomic E-state index is 0.206. The highest BCUT2D eigenvalue weighted by Gasteiger charge is 2.26. The van der Waals surface area contributed by atoms with E-state index >= 15 is 0 Å². The van der Waals surface area contributed by atoms with E-state index < -0.39 is 0 Å². The maximum Gasteiger partial charge on any atom is 0.225 e. The Balaban J connectivity index is 1.93. The second-order valence-electron chi connectivity index (χ2n) is 6.25. The van der Waals surface area contributed by atoms with Gasteiger partial charge in [0.2, 0.25) is 5.91 Å². The topological polar surface area (TPSA) is 74.8 Å². The maximum absolute atomic E-state index is 12.8. The lowest BCUT2D eigenvalue weighted by molar-refractivity contribution is -0.138. The molecule has 1 aliphatic carbocycles. The van der Waals surface area contributed by atoms with E-state index in [1.54, 1.807) is 0 Å². The van der Waals surface area contributed by atoms with Gasteiger partial charge >= 0.3 is 0 Å². The monoisotopic (exact) mass is 293 g/mol. The number of aromatic amines is 1. The predicted molar refractivity (Wildman–Crippen MR) is 80.5 cm³/mol. The number of H-pyrrole nitrogens is 1. The SMILES string of the molecule is CC(C)N(CCc1nn[nH]n1)C(=O)C1CCCCCCC1. The first-order chi connectivity index (χ1) is 10.2. The van der Waals surface area contributed by atoms with Crippen LogP contribution in [0.2, 0.25) is 0 Å².